The molecule has 28 heteroatoms. The van der Waals surface area contributed by atoms with Crippen LogP contribution in [0.1, 0.15) is 182 Å². The van der Waals surface area contributed by atoms with Crippen molar-refractivity contribution in [2.45, 2.75) is 205 Å². The van der Waals surface area contributed by atoms with Crippen LogP contribution in [0.5, 0.6) is 23.0 Å². The van der Waals surface area contributed by atoms with Crippen molar-refractivity contribution in [3.05, 3.63) is 107 Å². The lowest BCUT2D eigenvalue weighted by atomic mass is 9.74. The Labute approximate surface area is 658 Å². The Morgan fingerprint density at radius 1 is 0.682 bits per heavy atom. The molecule has 23 nitrogen and oxygen atoms in total. The quantitative estimate of drug-likeness (QED) is 0.0261. The second kappa shape index (κ2) is 32.5. The number of ketones is 2. The highest BCUT2D eigenvalue weighted by Gasteiger charge is 2.64. The summed E-state index contributed by atoms with van der Waals surface area (Å²) in [5.41, 5.74) is 7.63. The first-order valence-electron chi connectivity index (χ1n) is 38.3. The number of nitrogens with one attached hydrogen (secondary N) is 2. The fourth-order valence-corrected chi connectivity index (χ4v) is 20.6. The Balaban J connectivity index is 0.000000205. The summed E-state index contributed by atoms with van der Waals surface area (Å²) in [6.45, 7) is 26.7. The molecule has 5 saturated carbocycles. The van der Waals surface area contributed by atoms with Gasteiger partial charge in [-0.1, -0.05) is 104 Å². The van der Waals surface area contributed by atoms with Crippen molar-refractivity contribution >= 4 is 112 Å². The smallest absolute Gasteiger partial charge is 0.240 e. The standard InChI is InChI=1S/C41H51ClN4O8S2.C41H51ClN4O7S/c1-8-23-19-41(23,39(49)45-56(50,51)24-9-10-24)20-31(47)30-18-34(29-13-12-26(40(4,5)6)38(48)46(29)30)54-33-17-27(37-44-28(21-55-37)22(2)3)43-36-25(33)11-14-32(35(36)42)53-16-15-52-7;1-7-26-20-41(26,40(49)46-54(50,51)27-12-13-27)21-33(47)25-17-24(11-14-28(22(2)3)39(43)48)35(18-25)53-36-19-32(31-10-8-9-30(44-31)23(4)5)45-38-29(36)15-16-34(52-6)37(38)42/h8,11,14,17,21-24,26,29-30,34H,1,9-10,12-13,15-16,18-20H2,2-7H3,(H,45,49);7-10,15-16,19,22-28,35H,1,11-14,17-18,20-21H2,2-6H3,(H2,43,48)(H,46,49)/t23-,26+,29-,30+,34-,41-;24-,25-,26+,28+,35+,41+/m10/s1. The van der Waals surface area contributed by atoms with E-state index in [0.29, 0.717) is 167 Å². The maximum absolute atomic E-state index is 14.6. The third-order valence-electron chi connectivity index (χ3n) is 23.5. The van der Waals surface area contributed by atoms with E-state index < -0.39 is 83.4 Å². The van der Waals surface area contributed by atoms with Crippen LogP contribution in [0.3, 0.4) is 0 Å². The Hall–Kier alpha value is -7.62. The molecule has 7 fully saturated rings. The summed E-state index contributed by atoms with van der Waals surface area (Å²) < 4.78 is 86.0. The van der Waals surface area contributed by atoms with Crippen molar-refractivity contribution < 1.29 is 69.3 Å². The largest absolute Gasteiger partial charge is 0.495 e. The number of methoxy groups -OCH3 is 2. The monoisotopic (exact) mass is 1600 g/mol. The number of piperidine rings is 1. The van der Waals surface area contributed by atoms with Crippen molar-refractivity contribution in [3.8, 4) is 45.1 Å². The summed E-state index contributed by atoms with van der Waals surface area (Å²) in [5.74, 6) is -1.77. The number of rotatable bonds is 32. The molecule has 4 aromatic heterocycles. The predicted octanol–water partition coefficient (Wildman–Crippen LogP) is 14.2. The first-order chi connectivity index (χ1) is 52.1. The van der Waals surface area contributed by atoms with Gasteiger partial charge < -0.3 is 34.3 Å². The zero-order chi connectivity index (χ0) is 79.4. The molecule has 110 heavy (non-hydrogen) atoms. The number of fused-ring (bicyclic) bond motifs is 3. The van der Waals surface area contributed by atoms with Crippen molar-refractivity contribution in [1.82, 2.24) is 34.3 Å². The number of Topliss-reactive ketones (excluding diaryl/α,β-unsaturated/α-hetero) is 2. The number of ether oxygens (including phenoxy) is 5. The number of sulfonamides is 2. The average molecular weight is 1610 g/mol. The number of allylic oxidation sites excluding steroid dienone is 2. The van der Waals surface area contributed by atoms with E-state index in [0.717, 1.165) is 11.4 Å². The minimum absolute atomic E-state index is 0.0367. The normalized spacial score (nSPS) is 25.4. The lowest BCUT2D eigenvalue weighted by molar-refractivity contribution is -0.151. The molecule has 592 valence electrons. The Kier molecular flexibility index (Phi) is 24.2. The molecule has 0 bridgehead atoms. The van der Waals surface area contributed by atoms with Gasteiger partial charge in [-0.3, -0.25) is 43.2 Å². The van der Waals surface area contributed by atoms with Gasteiger partial charge in [0.2, 0.25) is 43.7 Å². The predicted molar refractivity (Wildman–Crippen MR) is 424 cm³/mol. The van der Waals surface area contributed by atoms with E-state index in [4.69, 9.17) is 72.6 Å². The van der Waals surface area contributed by atoms with Gasteiger partial charge in [0.15, 0.2) is 5.78 Å². The van der Waals surface area contributed by atoms with E-state index in [-0.39, 0.29) is 95.4 Å². The molecule has 5 aliphatic carbocycles. The van der Waals surface area contributed by atoms with Gasteiger partial charge >= 0.3 is 0 Å². The number of thiazole rings is 1. The van der Waals surface area contributed by atoms with E-state index >= 15 is 0 Å². The van der Waals surface area contributed by atoms with Crippen LogP contribution in [0.15, 0.2) is 85.3 Å². The maximum atomic E-state index is 14.6. The van der Waals surface area contributed by atoms with E-state index in [1.807, 2.05) is 82.5 Å². The number of pyridine rings is 3. The lowest BCUT2D eigenvalue weighted by Gasteiger charge is -2.43. The Morgan fingerprint density at radius 3 is 1.77 bits per heavy atom. The van der Waals surface area contributed by atoms with Gasteiger partial charge in [0.05, 0.1) is 75.2 Å². The number of halogens is 2. The summed E-state index contributed by atoms with van der Waals surface area (Å²) in [7, 11) is -4.48. The number of aromatic nitrogens is 4. The van der Waals surface area contributed by atoms with Crippen LogP contribution < -0.4 is 34.1 Å². The van der Waals surface area contributed by atoms with Crippen LogP contribution in [-0.4, -0.2) is 139 Å². The van der Waals surface area contributed by atoms with E-state index in [9.17, 15) is 45.6 Å². The third kappa shape index (κ3) is 17.2. The summed E-state index contributed by atoms with van der Waals surface area (Å²) in [4.78, 5) is 104. The highest BCUT2D eigenvalue weighted by molar-refractivity contribution is 7.91. The van der Waals surface area contributed by atoms with Gasteiger partial charge in [0.1, 0.15) is 68.3 Å². The highest BCUT2D eigenvalue weighted by atomic mass is 35.5. The number of benzene rings is 2. The van der Waals surface area contributed by atoms with Crippen LogP contribution in [0, 0.1) is 57.7 Å². The highest BCUT2D eigenvalue weighted by Crippen LogP contribution is 2.59. The molecule has 2 aliphatic heterocycles. The third-order valence-corrected chi connectivity index (χ3v) is 28.7. The fraction of sp³-hybridized carbons (Fsp3) is 0.561. The number of carbonyl (C=O) groups is 6. The van der Waals surface area contributed by atoms with Crippen LogP contribution in [-0.2, 0) is 53.6 Å². The molecule has 6 aromatic rings. The molecular formula is C82H102Cl2N8O15S3. The van der Waals surface area contributed by atoms with Gasteiger partial charge in [-0.25, -0.2) is 31.8 Å². The molecule has 0 radical (unpaired) electrons. The van der Waals surface area contributed by atoms with Gasteiger partial charge in [0, 0.05) is 78.1 Å². The lowest BCUT2D eigenvalue weighted by Crippen LogP contribution is -2.55. The van der Waals surface area contributed by atoms with Crippen LogP contribution in [0.2, 0.25) is 10.0 Å². The van der Waals surface area contributed by atoms with Crippen molar-refractivity contribution in [2.24, 2.45) is 63.4 Å². The minimum atomic E-state index is -3.83. The van der Waals surface area contributed by atoms with Crippen LogP contribution >= 0.6 is 34.5 Å². The summed E-state index contributed by atoms with van der Waals surface area (Å²) in [6, 6.07) is 15.4. The van der Waals surface area contributed by atoms with E-state index in [1.54, 1.807) is 36.3 Å². The molecule has 4 N–H and O–H groups in total. The molecule has 13 rings (SSSR count). The molecule has 2 saturated heterocycles. The van der Waals surface area contributed by atoms with Crippen LogP contribution in [0.4, 0.5) is 0 Å². The zero-order valence-electron chi connectivity index (χ0n) is 64.4. The number of carbonyl (C=O) groups excluding carboxylic acids is 6. The maximum Gasteiger partial charge on any atom is 0.240 e. The second-order valence-corrected chi connectivity index (χ2v) is 38.6. The number of hydrogen-bond acceptors (Lipinski definition) is 20. The van der Waals surface area contributed by atoms with Crippen LogP contribution in [0.25, 0.3) is 43.9 Å². The Bertz CT molecular complexity index is 4830. The Morgan fingerprint density at radius 2 is 1.25 bits per heavy atom. The molecule has 6 heterocycles. The average Bonchev–Trinajstić information content (AvgIpc) is 1.56. The molecule has 12 atom stereocenters. The van der Waals surface area contributed by atoms with Crippen molar-refractivity contribution in [1.29, 1.82) is 0 Å². The first kappa shape index (κ1) is 81.9. The van der Waals surface area contributed by atoms with E-state index in [2.05, 4.69) is 50.3 Å². The van der Waals surface area contributed by atoms with Gasteiger partial charge in [-0.05, 0) is 154 Å². The minimum Gasteiger partial charge on any atom is -0.495 e. The van der Waals surface area contributed by atoms with Crippen molar-refractivity contribution in [2.75, 3.05) is 27.4 Å². The van der Waals surface area contributed by atoms with Gasteiger partial charge in [-0.2, -0.15) is 0 Å². The topological polar surface area (TPSA) is 322 Å². The molecule has 0 spiro atoms. The number of amides is 4. The molecule has 4 amide bonds. The number of hydrogen-bond donors (Lipinski definition) is 3. The molecule has 7 aliphatic rings. The molecule has 0 unspecified atom stereocenters. The van der Waals surface area contributed by atoms with Gasteiger partial charge in [0.25, 0.3) is 0 Å². The second-order valence-electron chi connectivity index (χ2n) is 33.1. The van der Waals surface area contributed by atoms with Gasteiger partial charge in [-0.15, -0.1) is 24.5 Å². The summed E-state index contributed by atoms with van der Waals surface area (Å²) in [6.07, 6.45) is 8.03. The zero-order valence-corrected chi connectivity index (χ0v) is 68.4. The van der Waals surface area contributed by atoms with Crippen molar-refractivity contribution in [3.63, 3.8) is 0 Å². The fourth-order valence-electron chi connectivity index (χ4n) is 16.3. The SMILES string of the molecule is C=C[C@@H]1C[C@]1(CC(=O)[C@@H]1C[C@@H](Oc2cc(-c3nc(C(C)C)cs3)nc3c(Cl)c(OCCOC)ccc23)[C@H]2CC[C@H](C(C)(C)C)C(=O)N21)C(=O)NS(=O)(=O)C1CC1.C=C[C@@H]1C[C@]1(CC(=O)[C@H]1C[C@H](CC[C@@H](C(N)=O)C(C)C)[C@H](Oc2cc(-c3cccc(C(C)C)n3)nc3c(Cl)c(OC)ccc23)C1)C(=O)NS(=O)(=O)C1CC1. The number of nitrogens with zero attached hydrogens (tertiary/aromatic N) is 5. The number of nitrogens with two attached hydrogens (primary N) is 1. The summed E-state index contributed by atoms with van der Waals surface area (Å²) in [5, 5.41) is 3.48. The molecule has 2 aromatic carbocycles. The molecular weight excluding hydrogens is 1500 g/mol. The first-order valence-corrected chi connectivity index (χ1v) is 43.0. The number of primary amides is 1. The summed E-state index contributed by atoms with van der Waals surface area (Å²) >= 11 is 15.3. The van der Waals surface area contributed by atoms with E-state index in [1.165, 1.54) is 18.4 Å².